The molecule has 12 aromatic rings. The van der Waals surface area contributed by atoms with Crippen molar-refractivity contribution in [1.29, 1.82) is 0 Å². The Morgan fingerprint density at radius 1 is 0.401 bits per heavy atom. The van der Waals surface area contributed by atoms with Gasteiger partial charge in [0.25, 0.3) is 29.5 Å². The van der Waals surface area contributed by atoms with Crippen molar-refractivity contribution in [3.05, 3.63) is 293 Å². The summed E-state index contributed by atoms with van der Waals surface area (Å²) in [7, 11) is 13.4. The number of aryl methyl sites for hydroxylation is 2. The van der Waals surface area contributed by atoms with Crippen LogP contribution in [0.4, 0.5) is 0 Å². The lowest BCUT2D eigenvalue weighted by molar-refractivity contribution is -0.145. The van der Waals surface area contributed by atoms with E-state index in [-0.39, 0.29) is 70.1 Å². The summed E-state index contributed by atoms with van der Waals surface area (Å²) in [6.45, 7) is 14.1. The van der Waals surface area contributed by atoms with Gasteiger partial charge in [0, 0.05) is 153 Å². The lowest BCUT2D eigenvalue weighted by Gasteiger charge is -2.15. The number of carbonyl (C=O) groups is 8. The van der Waals surface area contributed by atoms with Gasteiger partial charge in [0.15, 0.2) is 0 Å². The number of hydrogen-bond acceptors (Lipinski definition) is 22. The number of halogens is 6. The fraction of sp³-hybridized carbons (Fsp3) is 0.336. The van der Waals surface area contributed by atoms with Crippen LogP contribution in [-0.2, 0) is 48.3 Å². The van der Waals surface area contributed by atoms with Crippen LogP contribution in [-0.4, -0.2) is 196 Å². The second-order valence-electron chi connectivity index (χ2n) is 32.7. The Bertz CT molecular complexity index is 6110. The molecule has 3 N–H and O–H groups in total. The van der Waals surface area contributed by atoms with Gasteiger partial charge in [-0.05, 0) is 196 Å². The normalized spacial score (nSPS) is 11.0. The number of hydrogen-bond donors (Lipinski definition) is 2. The molecule has 0 fully saturated rings. The number of esters is 2. The third-order valence-electron chi connectivity index (χ3n) is 20.5. The van der Waals surface area contributed by atoms with E-state index in [0.717, 1.165) is 128 Å². The van der Waals surface area contributed by atoms with E-state index in [0.29, 0.717) is 87.8 Å². The summed E-state index contributed by atoms with van der Waals surface area (Å²) in [5.41, 5.74) is 14.5. The maximum atomic E-state index is 13.1. The lowest BCUT2D eigenvalue weighted by Crippen LogP contribution is -2.22. The minimum absolute atomic E-state index is 0. The number of benzene rings is 9. The molecular weight excluding hydrogens is 2320 g/mol. The number of ether oxygens (including phenoxy) is 2. The molecule has 0 aliphatic heterocycles. The van der Waals surface area contributed by atoms with Gasteiger partial charge in [-0.2, -0.15) is 0 Å². The predicted molar refractivity (Wildman–Crippen MR) is 607 cm³/mol. The molecule has 0 spiro atoms. The summed E-state index contributed by atoms with van der Waals surface area (Å²) in [4.78, 5) is 119. The highest BCUT2D eigenvalue weighted by atomic mass is 79.9. The maximum absolute atomic E-state index is 13.1. The van der Waals surface area contributed by atoms with E-state index in [9.17, 15) is 46.8 Å². The van der Waals surface area contributed by atoms with Gasteiger partial charge in [-0.3, -0.25) is 33.6 Å². The first-order valence-corrected chi connectivity index (χ1v) is 57.0. The maximum Gasteiger partial charge on any atom is 0.335 e. The van der Waals surface area contributed by atoms with E-state index in [1.165, 1.54) is 47.9 Å². The van der Waals surface area contributed by atoms with Gasteiger partial charge in [0.05, 0.1) is 73.1 Å². The highest BCUT2D eigenvalue weighted by Crippen LogP contribution is 2.38. The quantitative estimate of drug-likeness (QED) is 0.0272. The van der Waals surface area contributed by atoms with Gasteiger partial charge in [-0.15, -0.1) is 57.5 Å². The number of carbonyl (C=O) groups excluding carboxylic acids is 7. The molecule has 0 radical (unpaired) electrons. The molecule has 12 rings (SSSR count). The summed E-state index contributed by atoms with van der Waals surface area (Å²) in [5, 5.41) is 11.5. The predicted octanol–water partition coefficient (Wildman–Crippen LogP) is 28.6. The zero-order valence-corrected chi connectivity index (χ0v) is 97.3. The van der Waals surface area contributed by atoms with Gasteiger partial charge in [0.2, 0.25) is 9.84 Å². The van der Waals surface area contributed by atoms with E-state index >= 15 is 0 Å². The van der Waals surface area contributed by atoms with Gasteiger partial charge < -0.3 is 44.8 Å². The van der Waals surface area contributed by atoms with Crippen molar-refractivity contribution in [2.45, 2.75) is 161 Å². The average Bonchev–Trinajstić information content (AvgIpc) is 1.44. The van der Waals surface area contributed by atoms with E-state index in [4.69, 9.17) is 20.3 Å². The molecule has 3 heterocycles. The van der Waals surface area contributed by atoms with Crippen LogP contribution in [0.15, 0.2) is 273 Å². The Morgan fingerprint density at radius 2 is 0.746 bits per heavy atom. The third-order valence-corrected chi connectivity index (χ3v) is 31.8. The Morgan fingerprint density at radius 3 is 1.10 bits per heavy atom. The molecule has 2 atom stereocenters. The first kappa shape index (κ1) is 124. The van der Waals surface area contributed by atoms with E-state index in [1.54, 1.807) is 191 Å². The van der Waals surface area contributed by atoms with Crippen molar-refractivity contribution in [3.8, 4) is 33.4 Å². The zero-order valence-electron chi connectivity index (χ0n) is 82.1. The van der Waals surface area contributed by atoms with Crippen LogP contribution in [0.3, 0.4) is 0 Å². The average molecular weight is 2450 g/mol. The Labute approximate surface area is 913 Å². The standard InChI is InChI=1S/C26H35NO3S.C20H30BrNO3S.C20H20N2OS2.C19H19N3O3S2.C9H9Br2NO.C7H4Br2O2.C5H6BrNS.CH4/c1-5-7-11-20(6-2)19-30-25(28)14-15-31-24-17-22(21-12-9-8-10-13-21)16-23(18-24)26(29)27(3)4;1-5-7-8-15(6-2)14-25-19(23)9-10-26-18-12-16(11-17(21)13-18)20(24)22(3)4;1-4-18-21-13-19(25-18)24-17-11-15(14-8-6-5-7-9-14)10-16(12-17)20(23)22(2)3;1-22(2)19(23)15-8-14(13-6-4-3-5-7-13)9-16(10-15)27(24,25)18-12-21-17(11-20)26-18;1-12(2)9(13)6-3-7(10)5-8(11)4-6;8-5-1-4(7(10)11)2-6(9)3-5;1-2-5-7-3-4(6)8-5;/h8-10,12-13,16-18,20H,5-7,11,14-15,19H2,1-4H3;11-13,15H,5-10,14H2,1-4H3;5-13H,4H2,1-3H3;3-10,12H,11,20H2,1-2H3;3-5H,1-2H3;1-3H,(H,10,11);3H,2H2,1H3;1H4. The van der Waals surface area contributed by atoms with Crippen molar-refractivity contribution in [1.82, 2.24) is 39.5 Å². The number of rotatable bonds is 36. The number of nitrogens with two attached hydrogens (primary N) is 1. The van der Waals surface area contributed by atoms with E-state index in [2.05, 4.69) is 176 Å². The van der Waals surface area contributed by atoms with Gasteiger partial charge in [-0.1, -0.05) is 270 Å². The molecule has 0 aliphatic carbocycles. The van der Waals surface area contributed by atoms with Crippen molar-refractivity contribution in [2.75, 3.05) is 95.2 Å². The molecular formula is C107H127Br6N9O13S7. The fourth-order valence-electron chi connectivity index (χ4n) is 12.8. The van der Waals surface area contributed by atoms with Crippen LogP contribution in [0.5, 0.6) is 0 Å². The molecule has 5 amide bonds. The van der Waals surface area contributed by atoms with Crippen molar-refractivity contribution in [3.63, 3.8) is 0 Å². The number of thioether (sulfide) groups is 2. The molecule has 0 aliphatic rings. The third kappa shape index (κ3) is 43.6. The zero-order chi connectivity index (χ0) is 104. The molecule has 762 valence electrons. The number of sulfone groups is 1. The van der Waals surface area contributed by atoms with Crippen molar-refractivity contribution < 1.29 is 61.4 Å². The molecule has 0 saturated carbocycles. The number of thiazole rings is 3. The molecule has 0 bridgehead atoms. The highest BCUT2D eigenvalue weighted by molar-refractivity contribution is 9.11. The number of carboxylic acid groups (broad SMARTS) is 1. The number of aromatic carboxylic acids is 1. The van der Waals surface area contributed by atoms with Crippen LogP contribution in [0.1, 0.15) is 190 Å². The number of amides is 5. The second-order valence-corrected chi connectivity index (χ2v) is 47.9. The molecule has 2 unspecified atom stereocenters. The Balaban J connectivity index is 0.000000302. The van der Waals surface area contributed by atoms with Gasteiger partial charge in [-0.25, -0.2) is 28.2 Å². The van der Waals surface area contributed by atoms with Crippen molar-refractivity contribution >= 4 is 222 Å². The molecule has 3 aromatic heterocycles. The minimum Gasteiger partial charge on any atom is -0.478 e. The van der Waals surface area contributed by atoms with Crippen LogP contribution < -0.4 is 5.73 Å². The van der Waals surface area contributed by atoms with Crippen LogP contribution in [0.2, 0.25) is 0 Å². The number of carboxylic acids is 1. The van der Waals surface area contributed by atoms with Gasteiger partial charge in [0.1, 0.15) is 9.22 Å². The number of unbranched alkanes of at least 4 members (excludes halogenated alkanes) is 2. The molecule has 0 saturated heterocycles. The highest BCUT2D eigenvalue weighted by Gasteiger charge is 2.26. The first-order chi connectivity index (χ1) is 67.1. The van der Waals surface area contributed by atoms with E-state index in [1.807, 2.05) is 140 Å². The minimum atomic E-state index is -3.81. The first-order valence-electron chi connectivity index (χ1n) is 45.5. The molecule has 9 aromatic carbocycles. The van der Waals surface area contributed by atoms with Crippen molar-refractivity contribution in [2.24, 2.45) is 17.6 Å². The topological polar surface area (TPSA) is 290 Å². The van der Waals surface area contributed by atoms with Crippen LogP contribution in [0.25, 0.3) is 33.4 Å². The molecule has 35 heteroatoms. The summed E-state index contributed by atoms with van der Waals surface area (Å²) < 4.78 is 43.6. The molecule has 22 nitrogen and oxygen atoms in total. The lowest BCUT2D eigenvalue weighted by atomic mass is 10.0. The van der Waals surface area contributed by atoms with E-state index < -0.39 is 15.8 Å². The summed E-state index contributed by atoms with van der Waals surface area (Å²) in [5.74, 6) is 0.647. The smallest absolute Gasteiger partial charge is 0.335 e. The second kappa shape index (κ2) is 65.1. The number of aromatic nitrogens is 3. The fourth-order valence-corrected chi connectivity index (χ4v) is 23.7. The summed E-state index contributed by atoms with van der Waals surface area (Å²) >= 11 is 29.0. The monoisotopic (exact) mass is 2440 g/mol. The van der Waals surface area contributed by atoms with Gasteiger partial charge >= 0.3 is 17.9 Å². The summed E-state index contributed by atoms with van der Waals surface area (Å²) in [6.07, 6.45) is 16.8. The SMILES string of the molecule is C.CCCCC(CC)COC(=O)CCSc1cc(Br)cc(C(=O)N(C)C)c1.CCCCC(CC)COC(=O)CCSc1cc(C(=O)N(C)C)cc(-c2ccccc2)c1.CCc1ncc(Br)s1.CCc1ncc(Sc2cc(C(=O)N(C)C)cc(-c3ccccc3)c2)s1.CN(C)C(=O)c1cc(-c2ccccc2)cc(S(=O)(=O)c2cnc(CN)s2)c1.CN(C)C(=O)c1cc(Br)cc(Br)c1.O=C(O)c1cc(Br)cc(Br)c1. The van der Waals surface area contributed by atoms with Crippen LogP contribution >= 0.6 is 165 Å². The molecule has 142 heavy (non-hydrogen) atoms. The Kier molecular flexibility index (Phi) is 56.9. The summed E-state index contributed by atoms with van der Waals surface area (Å²) in [6, 6.07) is 62.2. The van der Waals surface area contributed by atoms with Crippen LogP contribution in [0, 0.1) is 11.8 Å². The Hall–Kier alpha value is -8.53. The largest absolute Gasteiger partial charge is 0.478 e. The number of nitrogens with zero attached hydrogens (tertiary/aromatic N) is 8.